The van der Waals surface area contributed by atoms with E-state index < -0.39 is 17.3 Å². The third kappa shape index (κ3) is 2.45. The van der Waals surface area contributed by atoms with Crippen LogP contribution >= 0.6 is 0 Å². The maximum Gasteiger partial charge on any atom is 0.313 e. The van der Waals surface area contributed by atoms with Crippen molar-refractivity contribution in [2.24, 2.45) is 11.3 Å². The lowest BCUT2D eigenvalue weighted by atomic mass is 9.80. The Morgan fingerprint density at radius 3 is 2.23 bits per heavy atom. The van der Waals surface area contributed by atoms with E-state index >= 15 is 0 Å². The fraction of sp³-hybridized carbons (Fsp3) is 0.667. The fourth-order valence-corrected chi connectivity index (χ4v) is 0.787. The predicted octanol–water partition coefficient (Wildman–Crippen LogP) is 1.24. The second kappa shape index (κ2) is 4.47. The number of carbonyl (C=O) groups excluding carboxylic acids is 1. The summed E-state index contributed by atoms with van der Waals surface area (Å²) >= 11 is 0. The molecule has 13 heavy (non-hydrogen) atoms. The van der Waals surface area contributed by atoms with Gasteiger partial charge in [0.05, 0.1) is 24.2 Å². The SMILES string of the molecule is CCOC(=O)C(C)(C)C(C#N)C#N. The van der Waals surface area contributed by atoms with Crippen molar-refractivity contribution in [1.29, 1.82) is 10.5 Å². The minimum atomic E-state index is -1.06. The molecule has 0 N–H and O–H groups in total. The first kappa shape index (κ1) is 11.4. The average Bonchev–Trinajstić information content (AvgIpc) is 2.06. The smallest absolute Gasteiger partial charge is 0.313 e. The monoisotopic (exact) mass is 180 g/mol. The molecule has 0 aliphatic heterocycles. The topological polar surface area (TPSA) is 73.9 Å². The van der Waals surface area contributed by atoms with E-state index in [1.807, 2.05) is 0 Å². The number of rotatable bonds is 3. The number of ether oxygens (including phenoxy) is 1. The maximum absolute atomic E-state index is 11.3. The molecule has 0 aromatic heterocycles. The lowest BCUT2D eigenvalue weighted by molar-refractivity contribution is -0.154. The summed E-state index contributed by atoms with van der Waals surface area (Å²) in [4.78, 5) is 11.3. The van der Waals surface area contributed by atoms with Crippen LogP contribution in [0, 0.1) is 34.0 Å². The normalized spacial score (nSPS) is 10.3. The van der Waals surface area contributed by atoms with Gasteiger partial charge in [-0.05, 0) is 20.8 Å². The molecule has 0 atom stereocenters. The lowest BCUT2D eigenvalue weighted by Crippen LogP contribution is -2.33. The maximum atomic E-state index is 11.3. The summed E-state index contributed by atoms with van der Waals surface area (Å²) in [6.45, 7) is 5.00. The molecule has 0 aliphatic carbocycles. The van der Waals surface area contributed by atoms with Gasteiger partial charge in [-0.15, -0.1) is 0 Å². The number of hydrogen-bond donors (Lipinski definition) is 0. The second-order valence-electron chi connectivity index (χ2n) is 3.13. The summed E-state index contributed by atoms with van der Waals surface area (Å²) in [5.41, 5.74) is -1.06. The summed E-state index contributed by atoms with van der Waals surface area (Å²) < 4.78 is 4.75. The minimum Gasteiger partial charge on any atom is -0.466 e. The van der Waals surface area contributed by atoms with E-state index in [9.17, 15) is 4.79 Å². The van der Waals surface area contributed by atoms with Gasteiger partial charge < -0.3 is 4.74 Å². The van der Waals surface area contributed by atoms with Crippen LogP contribution in [-0.2, 0) is 9.53 Å². The standard InChI is InChI=1S/C9H12N2O2/c1-4-13-8(12)9(2,3)7(5-10)6-11/h7H,4H2,1-3H3. The van der Waals surface area contributed by atoms with Gasteiger partial charge in [0.1, 0.15) is 5.92 Å². The van der Waals surface area contributed by atoms with E-state index in [2.05, 4.69) is 0 Å². The Morgan fingerprint density at radius 1 is 1.46 bits per heavy atom. The van der Waals surface area contributed by atoms with Gasteiger partial charge in [0.25, 0.3) is 0 Å². The highest BCUT2D eigenvalue weighted by Crippen LogP contribution is 2.27. The molecule has 4 nitrogen and oxygen atoms in total. The van der Waals surface area contributed by atoms with E-state index in [1.165, 1.54) is 13.8 Å². The molecule has 0 rings (SSSR count). The Bertz CT molecular complexity index is 256. The van der Waals surface area contributed by atoms with Crippen molar-refractivity contribution in [2.45, 2.75) is 20.8 Å². The quantitative estimate of drug-likeness (QED) is 0.612. The van der Waals surface area contributed by atoms with Gasteiger partial charge in [-0.1, -0.05) is 0 Å². The van der Waals surface area contributed by atoms with Crippen molar-refractivity contribution < 1.29 is 9.53 Å². The van der Waals surface area contributed by atoms with Crippen LogP contribution in [0.1, 0.15) is 20.8 Å². The van der Waals surface area contributed by atoms with Crippen LogP contribution in [0.25, 0.3) is 0 Å². The third-order valence-electron chi connectivity index (χ3n) is 1.78. The summed E-state index contributed by atoms with van der Waals surface area (Å²) in [6, 6.07) is 3.54. The first-order valence-corrected chi connectivity index (χ1v) is 3.97. The molecule has 0 bridgehead atoms. The van der Waals surface area contributed by atoms with Crippen LogP contribution in [0.4, 0.5) is 0 Å². The third-order valence-corrected chi connectivity index (χ3v) is 1.78. The molecule has 0 aromatic rings. The molecule has 0 fully saturated rings. The molecule has 0 radical (unpaired) electrons. The Kier molecular flexibility index (Phi) is 3.94. The molecule has 0 spiro atoms. The molecule has 0 amide bonds. The van der Waals surface area contributed by atoms with E-state index in [-0.39, 0.29) is 6.61 Å². The zero-order valence-electron chi connectivity index (χ0n) is 8.00. The lowest BCUT2D eigenvalue weighted by Gasteiger charge is -2.22. The van der Waals surface area contributed by atoms with Crippen LogP contribution in [-0.4, -0.2) is 12.6 Å². The van der Waals surface area contributed by atoms with Crippen molar-refractivity contribution in [3.8, 4) is 12.1 Å². The molecule has 0 aromatic carbocycles. The Morgan fingerprint density at radius 2 is 1.92 bits per heavy atom. The van der Waals surface area contributed by atoms with Crippen LogP contribution in [0.5, 0.6) is 0 Å². The van der Waals surface area contributed by atoms with E-state index in [0.29, 0.717) is 0 Å². The number of carbonyl (C=O) groups is 1. The molecule has 0 unspecified atom stereocenters. The molecular weight excluding hydrogens is 168 g/mol. The van der Waals surface area contributed by atoms with Gasteiger partial charge >= 0.3 is 5.97 Å². The number of hydrogen-bond acceptors (Lipinski definition) is 4. The van der Waals surface area contributed by atoms with Crippen LogP contribution in [0.2, 0.25) is 0 Å². The van der Waals surface area contributed by atoms with Crippen LogP contribution < -0.4 is 0 Å². The molecule has 70 valence electrons. The minimum absolute atomic E-state index is 0.256. The van der Waals surface area contributed by atoms with Crippen molar-refractivity contribution >= 4 is 5.97 Å². The van der Waals surface area contributed by atoms with Gasteiger partial charge in [0.15, 0.2) is 0 Å². The van der Waals surface area contributed by atoms with Crippen molar-refractivity contribution in [3.63, 3.8) is 0 Å². The molecule has 0 saturated carbocycles. The van der Waals surface area contributed by atoms with E-state index in [1.54, 1.807) is 19.1 Å². The fourth-order valence-electron chi connectivity index (χ4n) is 0.787. The highest BCUT2D eigenvalue weighted by atomic mass is 16.5. The van der Waals surface area contributed by atoms with Crippen LogP contribution in [0.15, 0.2) is 0 Å². The zero-order valence-corrected chi connectivity index (χ0v) is 8.00. The molecule has 4 heteroatoms. The Hall–Kier alpha value is -1.55. The van der Waals surface area contributed by atoms with Crippen molar-refractivity contribution in [3.05, 3.63) is 0 Å². The first-order valence-electron chi connectivity index (χ1n) is 3.97. The van der Waals surface area contributed by atoms with E-state index in [0.717, 1.165) is 0 Å². The summed E-state index contributed by atoms with van der Waals surface area (Å²) in [5, 5.41) is 17.2. The molecular formula is C9H12N2O2. The number of nitrogens with zero attached hydrogens (tertiary/aromatic N) is 2. The van der Waals surface area contributed by atoms with Crippen molar-refractivity contribution in [2.75, 3.05) is 6.61 Å². The van der Waals surface area contributed by atoms with E-state index in [4.69, 9.17) is 15.3 Å². The number of nitriles is 2. The Labute approximate surface area is 77.7 Å². The van der Waals surface area contributed by atoms with Crippen molar-refractivity contribution in [1.82, 2.24) is 0 Å². The number of esters is 1. The second-order valence-corrected chi connectivity index (χ2v) is 3.13. The summed E-state index contributed by atoms with van der Waals surface area (Å²) in [7, 11) is 0. The highest BCUT2D eigenvalue weighted by molar-refractivity contribution is 5.77. The molecule has 0 saturated heterocycles. The van der Waals surface area contributed by atoms with Gasteiger partial charge in [-0.3, -0.25) is 4.79 Å². The summed E-state index contributed by atoms with van der Waals surface area (Å²) in [6.07, 6.45) is 0. The largest absolute Gasteiger partial charge is 0.466 e. The van der Waals surface area contributed by atoms with Gasteiger partial charge in [0, 0.05) is 0 Å². The zero-order chi connectivity index (χ0) is 10.5. The highest BCUT2D eigenvalue weighted by Gasteiger charge is 2.38. The predicted molar refractivity (Wildman–Crippen MR) is 45.1 cm³/mol. The molecule has 0 aliphatic rings. The average molecular weight is 180 g/mol. The summed E-state index contributed by atoms with van der Waals surface area (Å²) in [5.74, 6) is -1.48. The van der Waals surface area contributed by atoms with Crippen LogP contribution in [0.3, 0.4) is 0 Å². The van der Waals surface area contributed by atoms with Gasteiger partial charge in [0.2, 0.25) is 0 Å². The van der Waals surface area contributed by atoms with Gasteiger partial charge in [-0.2, -0.15) is 10.5 Å². The molecule has 0 heterocycles. The Balaban J connectivity index is 4.67. The van der Waals surface area contributed by atoms with Gasteiger partial charge in [-0.25, -0.2) is 0 Å². The first-order chi connectivity index (χ1) is 6.00.